The molecule has 1 heterocycles. The Morgan fingerprint density at radius 3 is 2.95 bits per heavy atom. The topological polar surface area (TPSA) is 60.5 Å². The fourth-order valence-corrected chi connectivity index (χ4v) is 1.76. The molecule has 0 aliphatic heterocycles. The zero-order chi connectivity index (χ0) is 14.4. The van der Waals surface area contributed by atoms with Gasteiger partial charge in [0.2, 0.25) is 0 Å². The molecule has 104 valence electrons. The van der Waals surface area contributed by atoms with Crippen molar-refractivity contribution in [1.29, 1.82) is 0 Å². The van der Waals surface area contributed by atoms with Crippen molar-refractivity contribution in [3.8, 4) is 0 Å². The van der Waals surface area contributed by atoms with E-state index < -0.39 is 0 Å². The van der Waals surface area contributed by atoms with Gasteiger partial charge in [0.1, 0.15) is 4.64 Å². The van der Waals surface area contributed by atoms with Crippen LogP contribution in [0.3, 0.4) is 0 Å². The molecule has 1 aromatic heterocycles. The first-order chi connectivity index (χ1) is 8.97. The average Bonchev–Trinajstić information content (AvgIpc) is 2.38. The fraction of sp³-hybridized carbons (Fsp3) is 0.385. The summed E-state index contributed by atoms with van der Waals surface area (Å²) in [6, 6.07) is 3.36. The monoisotopic (exact) mass is 281 g/mol. The van der Waals surface area contributed by atoms with Gasteiger partial charge in [-0.25, -0.2) is 0 Å². The van der Waals surface area contributed by atoms with Gasteiger partial charge in [0.25, 0.3) is 5.91 Å². The molecular weight excluding hydrogens is 262 g/mol. The van der Waals surface area contributed by atoms with Crippen LogP contribution in [-0.4, -0.2) is 35.7 Å². The van der Waals surface area contributed by atoms with Crippen molar-refractivity contribution in [2.24, 2.45) is 0 Å². The van der Waals surface area contributed by atoms with Crippen molar-refractivity contribution in [3.63, 3.8) is 0 Å². The van der Waals surface area contributed by atoms with Gasteiger partial charge >= 0.3 is 0 Å². The van der Waals surface area contributed by atoms with Crippen molar-refractivity contribution in [3.05, 3.63) is 40.9 Å². The zero-order valence-electron chi connectivity index (χ0n) is 11.3. The summed E-state index contributed by atoms with van der Waals surface area (Å²) in [6.45, 7) is 6.77. The van der Waals surface area contributed by atoms with E-state index in [1.165, 1.54) is 4.68 Å². The quantitative estimate of drug-likeness (QED) is 0.492. The molecule has 1 rings (SSSR count). The first-order valence-corrected chi connectivity index (χ1v) is 6.41. The third-order valence-corrected chi connectivity index (χ3v) is 3.06. The standard InChI is InChI=1S/C13H19N3O2S/c1-4-18-10(2)7-9-15(3)12(17)11-6-5-8-16(14)13(11)19/h5-6,8H,2,4,7,9,14H2,1,3H3. The van der Waals surface area contributed by atoms with Crippen LogP contribution in [0.1, 0.15) is 23.7 Å². The highest BCUT2D eigenvalue weighted by Crippen LogP contribution is 2.08. The molecule has 1 aromatic rings. The number of nitrogens with two attached hydrogens (primary N) is 1. The van der Waals surface area contributed by atoms with Crippen molar-refractivity contribution in [2.75, 3.05) is 26.0 Å². The van der Waals surface area contributed by atoms with Crippen molar-refractivity contribution in [2.45, 2.75) is 13.3 Å². The van der Waals surface area contributed by atoms with Gasteiger partial charge in [0.15, 0.2) is 0 Å². The van der Waals surface area contributed by atoms with Crippen molar-refractivity contribution < 1.29 is 9.53 Å². The van der Waals surface area contributed by atoms with E-state index in [9.17, 15) is 4.79 Å². The van der Waals surface area contributed by atoms with E-state index in [1.807, 2.05) is 6.92 Å². The summed E-state index contributed by atoms with van der Waals surface area (Å²) in [4.78, 5) is 13.8. The van der Waals surface area contributed by atoms with Crippen LogP contribution < -0.4 is 5.84 Å². The lowest BCUT2D eigenvalue weighted by Crippen LogP contribution is -2.29. The lowest BCUT2D eigenvalue weighted by atomic mass is 10.2. The van der Waals surface area contributed by atoms with Crippen LogP contribution in [0.15, 0.2) is 30.7 Å². The van der Waals surface area contributed by atoms with Gasteiger partial charge in [0.05, 0.1) is 17.9 Å². The summed E-state index contributed by atoms with van der Waals surface area (Å²) in [5.41, 5.74) is 0.421. The van der Waals surface area contributed by atoms with Gasteiger partial charge in [-0.15, -0.1) is 0 Å². The number of rotatable bonds is 6. The second-order valence-electron chi connectivity index (χ2n) is 4.08. The largest absolute Gasteiger partial charge is 0.499 e. The molecule has 2 N–H and O–H groups in total. The smallest absolute Gasteiger partial charge is 0.256 e. The Labute approximate surface area is 118 Å². The number of nitrogens with zero attached hydrogens (tertiary/aromatic N) is 2. The number of nitrogen functional groups attached to an aromatic ring is 1. The van der Waals surface area contributed by atoms with E-state index in [2.05, 4.69) is 6.58 Å². The van der Waals surface area contributed by atoms with Crippen LogP contribution in [0, 0.1) is 4.64 Å². The summed E-state index contributed by atoms with van der Waals surface area (Å²) in [5, 5.41) is 0. The molecule has 0 bridgehead atoms. The highest BCUT2D eigenvalue weighted by molar-refractivity contribution is 7.71. The van der Waals surface area contributed by atoms with Crippen LogP contribution >= 0.6 is 12.2 Å². The Morgan fingerprint density at radius 1 is 1.63 bits per heavy atom. The van der Waals surface area contributed by atoms with Crippen LogP contribution in [0.4, 0.5) is 0 Å². The Morgan fingerprint density at radius 2 is 2.32 bits per heavy atom. The Hall–Kier alpha value is -1.82. The second kappa shape index (κ2) is 6.94. The maximum Gasteiger partial charge on any atom is 0.256 e. The molecule has 0 radical (unpaired) electrons. The predicted octanol–water partition coefficient (Wildman–Crippen LogP) is 1.94. The van der Waals surface area contributed by atoms with E-state index in [1.54, 1.807) is 30.3 Å². The molecule has 0 saturated carbocycles. The maximum absolute atomic E-state index is 12.2. The van der Waals surface area contributed by atoms with E-state index in [0.717, 1.165) is 0 Å². The minimum Gasteiger partial charge on any atom is -0.499 e. The summed E-state index contributed by atoms with van der Waals surface area (Å²) < 4.78 is 6.83. The van der Waals surface area contributed by atoms with Crippen LogP contribution in [0.5, 0.6) is 0 Å². The number of carbonyl (C=O) groups excluding carboxylic acids is 1. The van der Waals surface area contributed by atoms with Crippen LogP contribution in [0.25, 0.3) is 0 Å². The molecule has 5 nitrogen and oxygen atoms in total. The number of aromatic nitrogens is 1. The minimum absolute atomic E-state index is 0.158. The number of ether oxygens (including phenoxy) is 1. The molecule has 1 amide bonds. The summed E-state index contributed by atoms with van der Waals surface area (Å²) in [6.07, 6.45) is 2.20. The lowest BCUT2D eigenvalue weighted by Gasteiger charge is -2.18. The third kappa shape index (κ3) is 4.10. The summed E-state index contributed by atoms with van der Waals surface area (Å²) in [5.74, 6) is 6.14. The highest BCUT2D eigenvalue weighted by atomic mass is 32.1. The number of carbonyl (C=O) groups is 1. The number of hydrogen-bond acceptors (Lipinski definition) is 4. The second-order valence-corrected chi connectivity index (χ2v) is 4.47. The molecule has 0 atom stereocenters. The highest BCUT2D eigenvalue weighted by Gasteiger charge is 2.14. The normalized spacial score (nSPS) is 10.0. The SMILES string of the molecule is C=C(CCN(C)C(=O)c1cccn(N)c1=S)OCC. The molecule has 0 aliphatic rings. The van der Waals surface area contributed by atoms with E-state index in [4.69, 9.17) is 22.8 Å². The number of amides is 1. The number of hydrogen-bond donors (Lipinski definition) is 1. The van der Waals surface area contributed by atoms with E-state index in [-0.39, 0.29) is 5.91 Å². The fourth-order valence-electron chi connectivity index (χ4n) is 1.55. The van der Waals surface area contributed by atoms with E-state index >= 15 is 0 Å². The molecule has 0 aromatic carbocycles. The maximum atomic E-state index is 12.2. The molecule has 0 fully saturated rings. The number of pyridine rings is 1. The predicted molar refractivity (Wildman–Crippen MR) is 77.8 cm³/mol. The summed E-state index contributed by atoms with van der Waals surface area (Å²) in [7, 11) is 1.71. The zero-order valence-corrected chi connectivity index (χ0v) is 12.1. The molecule has 19 heavy (non-hydrogen) atoms. The molecule has 6 heteroatoms. The van der Waals surface area contributed by atoms with Crippen LogP contribution in [-0.2, 0) is 4.74 Å². The summed E-state index contributed by atoms with van der Waals surface area (Å²) >= 11 is 5.11. The molecule has 0 saturated heterocycles. The van der Waals surface area contributed by atoms with Crippen molar-refractivity contribution >= 4 is 18.1 Å². The third-order valence-electron chi connectivity index (χ3n) is 2.63. The Balaban J connectivity index is 2.70. The molecule has 0 spiro atoms. The van der Waals surface area contributed by atoms with Gasteiger partial charge in [-0.2, -0.15) is 0 Å². The lowest BCUT2D eigenvalue weighted by molar-refractivity contribution is 0.0788. The average molecular weight is 281 g/mol. The molecule has 0 unspecified atom stereocenters. The van der Waals surface area contributed by atoms with Crippen molar-refractivity contribution in [1.82, 2.24) is 9.58 Å². The Kier molecular flexibility index (Phi) is 5.57. The molecular formula is C13H19N3O2S. The first-order valence-electron chi connectivity index (χ1n) is 6.00. The Bertz CT molecular complexity index is 525. The van der Waals surface area contributed by atoms with E-state index in [0.29, 0.717) is 35.5 Å². The van der Waals surface area contributed by atoms with Gasteiger partial charge in [-0.1, -0.05) is 18.8 Å². The minimum atomic E-state index is -0.158. The van der Waals surface area contributed by atoms with Gasteiger partial charge in [-0.3, -0.25) is 9.47 Å². The van der Waals surface area contributed by atoms with Gasteiger partial charge < -0.3 is 15.5 Å². The first kappa shape index (κ1) is 15.2. The van der Waals surface area contributed by atoms with Gasteiger partial charge in [-0.05, 0) is 19.1 Å². The van der Waals surface area contributed by atoms with Crippen LogP contribution in [0.2, 0.25) is 0 Å². The van der Waals surface area contributed by atoms with Gasteiger partial charge in [0, 0.05) is 26.2 Å². The molecule has 0 aliphatic carbocycles.